The fourth-order valence-electron chi connectivity index (χ4n) is 1.68. The summed E-state index contributed by atoms with van der Waals surface area (Å²) >= 11 is 0. The summed E-state index contributed by atoms with van der Waals surface area (Å²) in [5.74, 6) is 0.824. The Morgan fingerprint density at radius 3 is 2.45 bits per heavy atom. The number of carbonyl (C=O) groups excluding carboxylic acids is 1. The third-order valence-corrected chi connectivity index (χ3v) is 2.69. The molecule has 5 heteroatoms. The largest absolute Gasteiger partial charge is 0.491 e. The fraction of sp³-hybridized carbons (Fsp3) is 0.533. The van der Waals surface area contributed by atoms with Gasteiger partial charge >= 0.3 is 6.03 Å². The Morgan fingerprint density at radius 2 is 1.90 bits per heavy atom. The molecule has 3 N–H and O–H groups in total. The standard InChI is InChI=1S/C15H24N2O3/c1-11(2)20-14-6-4-13(5-7-14)10-16-15(19)17-12(3)8-9-18/h4-7,11-12,18H,8-10H2,1-3H3,(H2,16,17,19)/t12-/m1/s1. The Balaban J connectivity index is 2.36. The predicted octanol–water partition coefficient (Wildman–Crippen LogP) is 2.04. The molecular formula is C15H24N2O3. The average Bonchev–Trinajstić information content (AvgIpc) is 2.37. The molecule has 0 fully saturated rings. The molecule has 1 aromatic carbocycles. The third-order valence-electron chi connectivity index (χ3n) is 2.69. The van der Waals surface area contributed by atoms with Crippen molar-refractivity contribution < 1.29 is 14.6 Å². The SMILES string of the molecule is CC(C)Oc1ccc(CNC(=O)N[C@H](C)CCO)cc1. The maximum Gasteiger partial charge on any atom is 0.315 e. The molecule has 0 saturated carbocycles. The second kappa shape index (κ2) is 8.43. The number of urea groups is 1. The molecule has 20 heavy (non-hydrogen) atoms. The van der Waals surface area contributed by atoms with Crippen LogP contribution in [-0.4, -0.2) is 29.9 Å². The van der Waals surface area contributed by atoms with Crippen LogP contribution in [0, 0.1) is 0 Å². The van der Waals surface area contributed by atoms with Gasteiger partial charge < -0.3 is 20.5 Å². The molecule has 0 spiro atoms. The molecule has 0 saturated heterocycles. The first-order chi connectivity index (χ1) is 9.51. The van der Waals surface area contributed by atoms with E-state index < -0.39 is 0 Å². The van der Waals surface area contributed by atoms with E-state index in [1.165, 1.54) is 0 Å². The first-order valence-electron chi connectivity index (χ1n) is 6.92. The van der Waals surface area contributed by atoms with E-state index in [0.29, 0.717) is 13.0 Å². The summed E-state index contributed by atoms with van der Waals surface area (Å²) in [5.41, 5.74) is 1.01. The van der Waals surface area contributed by atoms with E-state index in [4.69, 9.17) is 9.84 Å². The molecule has 1 rings (SSSR count). The number of aliphatic hydroxyl groups excluding tert-OH is 1. The van der Waals surface area contributed by atoms with Crippen LogP contribution in [0.3, 0.4) is 0 Å². The second-order valence-electron chi connectivity index (χ2n) is 5.05. The van der Waals surface area contributed by atoms with Gasteiger partial charge in [0, 0.05) is 19.2 Å². The van der Waals surface area contributed by atoms with Gasteiger partial charge in [0.15, 0.2) is 0 Å². The van der Waals surface area contributed by atoms with E-state index in [9.17, 15) is 4.79 Å². The van der Waals surface area contributed by atoms with Gasteiger partial charge in [-0.3, -0.25) is 0 Å². The van der Waals surface area contributed by atoms with E-state index in [-0.39, 0.29) is 24.8 Å². The van der Waals surface area contributed by atoms with Crippen molar-refractivity contribution >= 4 is 6.03 Å². The highest BCUT2D eigenvalue weighted by Gasteiger charge is 2.06. The molecule has 2 amide bonds. The molecule has 0 heterocycles. The smallest absolute Gasteiger partial charge is 0.315 e. The van der Waals surface area contributed by atoms with E-state index in [1.54, 1.807) is 0 Å². The van der Waals surface area contributed by atoms with E-state index in [0.717, 1.165) is 11.3 Å². The molecule has 0 aliphatic rings. The Hall–Kier alpha value is -1.75. The van der Waals surface area contributed by atoms with Crippen molar-refractivity contribution in [3.05, 3.63) is 29.8 Å². The number of rotatable bonds is 7. The van der Waals surface area contributed by atoms with Crippen molar-refractivity contribution in [1.82, 2.24) is 10.6 Å². The van der Waals surface area contributed by atoms with Crippen LogP contribution < -0.4 is 15.4 Å². The minimum absolute atomic E-state index is 0.0400. The van der Waals surface area contributed by atoms with Crippen LogP contribution in [0.25, 0.3) is 0 Å². The third kappa shape index (κ3) is 6.43. The minimum Gasteiger partial charge on any atom is -0.491 e. The van der Waals surface area contributed by atoms with Crippen molar-refractivity contribution in [3.8, 4) is 5.75 Å². The lowest BCUT2D eigenvalue weighted by Crippen LogP contribution is -2.40. The Morgan fingerprint density at radius 1 is 1.25 bits per heavy atom. The van der Waals surface area contributed by atoms with Crippen LogP contribution in [0.5, 0.6) is 5.75 Å². The van der Waals surface area contributed by atoms with Gasteiger partial charge in [-0.25, -0.2) is 4.79 Å². The van der Waals surface area contributed by atoms with E-state index >= 15 is 0 Å². The molecular weight excluding hydrogens is 256 g/mol. The second-order valence-corrected chi connectivity index (χ2v) is 5.05. The summed E-state index contributed by atoms with van der Waals surface area (Å²) in [5, 5.41) is 14.3. The topological polar surface area (TPSA) is 70.6 Å². The first kappa shape index (κ1) is 16.3. The van der Waals surface area contributed by atoms with Gasteiger partial charge in [0.2, 0.25) is 0 Å². The molecule has 112 valence electrons. The molecule has 0 radical (unpaired) electrons. The number of hydrogen-bond acceptors (Lipinski definition) is 3. The van der Waals surface area contributed by atoms with Crippen molar-refractivity contribution in [3.63, 3.8) is 0 Å². The summed E-state index contributed by atoms with van der Waals surface area (Å²) in [6, 6.07) is 7.37. The summed E-state index contributed by atoms with van der Waals surface area (Å²) in [7, 11) is 0. The van der Waals surface area contributed by atoms with E-state index in [1.807, 2.05) is 45.0 Å². The molecule has 0 aliphatic heterocycles. The van der Waals surface area contributed by atoms with Crippen LogP contribution in [-0.2, 0) is 6.54 Å². The van der Waals surface area contributed by atoms with Crippen molar-refractivity contribution in [2.24, 2.45) is 0 Å². The fourth-order valence-corrected chi connectivity index (χ4v) is 1.68. The molecule has 0 unspecified atom stereocenters. The van der Waals surface area contributed by atoms with Crippen LogP contribution in [0.4, 0.5) is 4.79 Å². The van der Waals surface area contributed by atoms with Crippen LogP contribution in [0.2, 0.25) is 0 Å². The Bertz CT molecular complexity index is 404. The molecule has 1 atom stereocenters. The van der Waals surface area contributed by atoms with Crippen molar-refractivity contribution in [2.75, 3.05) is 6.61 Å². The number of aliphatic hydroxyl groups is 1. The summed E-state index contributed by atoms with van der Waals surface area (Å²) in [6.07, 6.45) is 0.701. The normalized spacial score (nSPS) is 12.1. The average molecular weight is 280 g/mol. The lowest BCUT2D eigenvalue weighted by molar-refractivity contribution is 0.230. The number of benzene rings is 1. The molecule has 1 aromatic rings. The van der Waals surface area contributed by atoms with Gasteiger partial charge in [0.1, 0.15) is 5.75 Å². The minimum atomic E-state index is -0.228. The summed E-state index contributed by atoms with van der Waals surface area (Å²) < 4.78 is 5.55. The number of ether oxygens (including phenoxy) is 1. The van der Waals surface area contributed by atoms with Crippen LogP contribution in [0.15, 0.2) is 24.3 Å². The van der Waals surface area contributed by atoms with Gasteiger partial charge in [-0.1, -0.05) is 12.1 Å². The number of hydrogen-bond donors (Lipinski definition) is 3. The summed E-state index contributed by atoms with van der Waals surface area (Å²) in [4.78, 5) is 11.6. The Kier molecular flexibility index (Phi) is 6.87. The zero-order chi connectivity index (χ0) is 15.0. The molecule has 5 nitrogen and oxygen atoms in total. The summed E-state index contributed by atoms with van der Waals surface area (Å²) in [6.45, 7) is 6.34. The highest BCUT2D eigenvalue weighted by Crippen LogP contribution is 2.13. The number of carbonyl (C=O) groups is 1. The van der Waals surface area contributed by atoms with E-state index in [2.05, 4.69) is 10.6 Å². The highest BCUT2D eigenvalue weighted by molar-refractivity contribution is 5.74. The number of amides is 2. The molecule has 0 aromatic heterocycles. The molecule has 0 bridgehead atoms. The molecule has 0 aliphatic carbocycles. The zero-order valence-electron chi connectivity index (χ0n) is 12.3. The van der Waals surface area contributed by atoms with Crippen LogP contribution in [0.1, 0.15) is 32.8 Å². The first-order valence-corrected chi connectivity index (χ1v) is 6.92. The van der Waals surface area contributed by atoms with Gasteiger partial charge in [0.05, 0.1) is 6.10 Å². The lowest BCUT2D eigenvalue weighted by atomic mass is 10.2. The predicted molar refractivity (Wildman–Crippen MR) is 78.7 cm³/mol. The van der Waals surface area contributed by atoms with Crippen LogP contribution >= 0.6 is 0 Å². The van der Waals surface area contributed by atoms with Gasteiger partial charge in [0.25, 0.3) is 0 Å². The van der Waals surface area contributed by atoms with Gasteiger partial charge in [-0.05, 0) is 44.9 Å². The monoisotopic (exact) mass is 280 g/mol. The lowest BCUT2D eigenvalue weighted by Gasteiger charge is -2.14. The van der Waals surface area contributed by atoms with Crippen molar-refractivity contribution in [2.45, 2.75) is 45.9 Å². The zero-order valence-corrected chi connectivity index (χ0v) is 12.3. The quantitative estimate of drug-likeness (QED) is 0.716. The number of nitrogens with one attached hydrogen (secondary N) is 2. The van der Waals surface area contributed by atoms with Gasteiger partial charge in [-0.2, -0.15) is 0 Å². The Labute approximate surface area is 120 Å². The highest BCUT2D eigenvalue weighted by atomic mass is 16.5. The maximum absolute atomic E-state index is 11.6. The van der Waals surface area contributed by atoms with Gasteiger partial charge in [-0.15, -0.1) is 0 Å². The van der Waals surface area contributed by atoms with Crippen molar-refractivity contribution in [1.29, 1.82) is 0 Å². The maximum atomic E-state index is 11.6.